The average Bonchev–Trinajstić information content (AvgIpc) is 2.69. The van der Waals surface area contributed by atoms with Crippen LogP contribution in [0.4, 0.5) is 20.8 Å². The molecule has 1 saturated heterocycles. The topological polar surface area (TPSA) is 90.5 Å². The van der Waals surface area contributed by atoms with Crippen LogP contribution in [0.2, 0.25) is 0 Å². The van der Waals surface area contributed by atoms with Gasteiger partial charge in [0.25, 0.3) is 0 Å². The van der Waals surface area contributed by atoms with Crippen LogP contribution in [0, 0.1) is 5.82 Å². The van der Waals surface area contributed by atoms with Gasteiger partial charge in [0, 0.05) is 44.3 Å². The summed E-state index contributed by atoms with van der Waals surface area (Å²) in [5.74, 6) is -0.108. The van der Waals surface area contributed by atoms with Crippen molar-refractivity contribution in [1.29, 1.82) is 0 Å². The van der Waals surface area contributed by atoms with Crippen LogP contribution >= 0.6 is 0 Å². The van der Waals surface area contributed by atoms with Crippen molar-refractivity contribution < 1.29 is 14.0 Å². The first-order valence-electron chi connectivity index (χ1n) is 8.22. The highest BCUT2D eigenvalue weighted by Crippen LogP contribution is 2.10. The van der Waals surface area contributed by atoms with Crippen molar-refractivity contribution in [3.8, 4) is 0 Å². The quantitative estimate of drug-likeness (QED) is 0.854. The van der Waals surface area contributed by atoms with Crippen LogP contribution in [-0.4, -0.2) is 59.5 Å². The molecule has 0 spiro atoms. The Morgan fingerprint density at radius 2 is 1.69 bits per heavy atom. The van der Waals surface area contributed by atoms with Gasteiger partial charge in [-0.05, 0) is 30.3 Å². The van der Waals surface area contributed by atoms with E-state index in [1.807, 2.05) is 4.90 Å². The predicted octanol–water partition coefficient (Wildman–Crippen LogP) is 1.09. The van der Waals surface area contributed by atoms with E-state index in [4.69, 9.17) is 0 Å². The molecule has 0 atom stereocenters. The Morgan fingerprint density at radius 1 is 1.04 bits per heavy atom. The lowest BCUT2D eigenvalue weighted by Gasteiger charge is -2.34. The first-order chi connectivity index (χ1) is 12.6. The molecule has 1 aliphatic heterocycles. The lowest BCUT2D eigenvalue weighted by atomic mass is 10.3. The minimum Gasteiger partial charge on any atom is -0.337 e. The van der Waals surface area contributed by atoms with E-state index in [-0.39, 0.29) is 24.3 Å². The minimum atomic E-state index is -0.378. The Kier molecular flexibility index (Phi) is 5.57. The van der Waals surface area contributed by atoms with Crippen LogP contribution in [0.5, 0.6) is 0 Å². The lowest BCUT2D eigenvalue weighted by molar-refractivity contribution is -0.115. The zero-order valence-corrected chi connectivity index (χ0v) is 14.1. The van der Waals surface area contributed by atoms with Gasteiger partial charge in [0.2, 0.25) is 11.9 Å². The fraction of sp³-hybridized carbons (Fsp3) is 0.294. The Morgan fingerprint density at radius 3 is 2.35 bits per heavy atom. The number of amides is 3. The molecule has 136 valence electrons. The molecule has 3 amide bonds. The summed E-state index contributed by atoms with van der Waals surface area (Å²) in [6.07, 6.45) is 3.36. The number of halogens is 1. The second-order valence-electron chi connectivity index (χ2n) is 5.74. The molecule has 1 aliphatic rings. The minimum absolute atomic E-state index is 0.155. The maximum atomic E-state index is 12.8. The van der Waals surface area contributed by atoms with Gasteiger partial charge in [-0.25, -0.2) is 19.2 Å². The number of nitrogens with one attached hydrogen (secondary N) is 2. The van der Waals surface area contributed by atoms with Gasteiger partial charge in [0.15, 0.2) is 0 Å². The molecule has 26 heavy (non-hydrogen) atoms. The Bertz CT molecular complexity index is 748. The number of hydrogen-bond acceptors (Lipinski definition) is 5. The monoisotopic (exact) mass is 358 g/mol. The molecular weight excluding hydrogens is 339 g/mol. The van der Waals surface area contributed by atoms with E-state index in [2.05, 4.69) is 20.6 Å². The van der Waals surface area contributed by atoms with Crippen LogP contribution in [0.15, 0.2) is 42.7 Å². The van der Waals surface area contributed by atoms with Crippen molar-refractivity contribution in [3.63, 3.8) is 0 Å². The highest BCUT2D eigenvalue weighted by atomic mass is 19.1. The van der Waals surface area contributed by atoms with E-state index in [0.29, 0.717) is 37.8 Å². The summed E-state index contributed by atoms with van der Waals surface area (Å²) in [7, 11) is 0. The zero-order chi connectivity index (χ0) is 18.4. The van der Waals surface area contributed by atoms with Gasteiger partial charge in [-0.2, -0.15) is 0 Å². The number of rotatable bonds is 4. The number of carbonyl (C=O) groups excluding carboxylic acids is 2. The SMILES string of the molecule is O=C(CNC(=O)N1CCN(c2ncccn2)CC1)Nc1ccc(F)cc1. The van der Waals surface area contributed by atoms with Gasteiger partial charge in [-0.3, -0.25) is 4.79 Å². The summed E-state index contributed by atoms with van der Waals surface area (Å²) in [4.78, 5) is 36.1. The molecule has 1 aromatic heterocycles. The van der Waals surface area contributed by atoms with Crippen molar-refractivity contribution in [3.05, 3.63) is 48.5 Å². The first kappa shape index (κ1) is 17.6. The van der Waals surface area contributed by atoms with Gasteiger partial charge in [0.05, 0.1) is 6.54 Å². The van der Waals surface area contributed by atoms with Gasteiger partial charge in [-0.15, -0.1) is 0 Å². The Hall–Kier alpha value is -3.23. The number of urea groups is 1. The number of piperazine rings is 1. The summed E-state index contributed by atoms with van der Waals surface area (Å²) in [6, 6.07) is 6.88. The van der Waals surface area contributed by atoms with Crippen LogP contribution < -0.4 is 15.5 Å². The normalized spacial score (nSPS) is 14.0. The van der Waals surface area contributed by atoms with Crippen molar-refractivity contribution in [1.82, 2.24) is 20.2 Å². The predicted molar refractivity (Wildman–Crippen MR) is 94.2 cm³/mol. The number of benzene rings is 1. The van der Waals surface area contributed by atoms with Crippen LogP contribution in [-0.2, 0) is 4.79 Å². The maximum absolute atomic E-state index is 12.8. The molecule has 2 heterocycles. The average molecular weight is 358 g/mol. The number of hydrogen-bond donors (Lipinski definition) is 2. The smallest absolute Gasteiger partial charge is 0.317 e. The highest BCUT2D eigenvalue weighted by Gasteiger charge is 2.22. The molecule has 1 fully saturated rings. The van der Waals surface area contributed by atoms with E-state index in [9.17, 15) is 14.0 Å². The fourth-order valence-corrected chi connectivity index (χ4v) is 2.57. The van der Waals surface area contributed by atoms with Gasteiger partial charge in [-0.1, -0.05) is 0 Å². The van der Waals surface area contributed by atoms with Crippen molar-refractivity contribution in [2.45, 2.75) is 0 Å². The molecule has 0 saturated carbocycles. The second-order valence-corrected chi connectivity index (χ2v) is 5.74. The fourth-order valence-electron chi connectivity index (χ4n) is 2.57. The van der Waals surface area contributed by atoms with Gasteiger partial charge in [0.1, 0.15) is 5.82 Å². The van der Waals surface area contributed by atoms with E-state index >= 15 is 0 Å². The molecule has 8 nitrogen and oxygen atoms in total. The molecule has 9 heteroatoms. The number of anilines is 2. The van der Waals surface area contributed by atoms with E-state index < -0.39 is 0 Å². The third-order valence-electron chi connectivity index (χ3n) is 3.93. The maximum Gasteiger partial charge on any atom is 0.317 e. The molecular formula is C17H19FN6O2. The Labute approximate surface area is 150 Å². The molecule has 0 bridgehead atoms. The van der Waals surface area contributed by atoms with E-state index in [1.54, 1.807) is 23.4 Å². The van der Waals surface area contributed by atoms with Crippen molar-refractivity contribution in [2.24, 2.45) is 0 Å². The molecule has 0 radical (unpaired) electrons. The Balaban J connectivity index is 1.41. The first-order valence-corrected chi connectivity index (χ1v) is 8.22. The molecule has 1 aromatic carbocycles. The standard InChI is InChI=1S/C17H19FN6O2/c18-13-2-4-14(5-3-13)22-15(25)12-21-17(26)24-10-8-23(9-11-24)16-19-6-1-7-20-16/h1-7H,8-12H2,(H,21,26)(H,22,25). The van der Waals surface area contributed by atoms with Crippen LogP contribution in [0.3, 0.4) is 0 Å². The number of aromatic nitrogens is 2. The second kappa shape index (κ2) is 8.24. The van der Waals surface area contributed by atoms with Crippen LogP contribution in [0.25, 0.3) is 0 Å². The summed E-state index contributed by atoms with van der Waals surface area (Å²) < 4.78 is 12.8. The van der Waals surface area contributed by atoms with Gasteiger partial charge >= 0.3 is 6.03 Å². The van der Waals surface area contributed by atoms with Crippen molar-refractivity contribution >= 4 is 23.6 Å². The summed E-state index contributed by atoms with van der Waals surface area (Å²) >= 11 is 0. The highest BCUT2D eigenvalue weighted by molar-refractivity contribution is 5.94. The summed E-state index contributed by atoms with van der Waals surface area (Å²) in [6.45, 7) is 2.13. The molecule has 0 aliphatic carbocycles. The molecule has 3 rings (SSSR count). The molecule has 2 aromatic rings. The van der Waals surface area contributed by atoms with Crippen LogP contribution in [0.1, 0.15) is 0 Å². The van der Waals surface area contributed by atoms with Crippen molar-refractivity contribution in [2.75, 3.05) is 42.9 Å². The van der Waals surface area contributed by atoms with Gasteiger partial charge < -0.3 is 20.4 Å². The number of nitrogens with zero attached hydrogens (tertiary/aromatic N) is 4. The van der Waals surface area contributed by atoms with E-state index in [0.717, 1.165) is 0 Å². The summed E-state index contributed by atoms with van der Waals surface area (Å²) in [5, 5.41) is 5.18. The lowest BCUT2D eigenvalue weighted by Crippen LogP contribution is -2.53. The summed E-state index contributed by atoms with van der Waals surface area (Å²) in [5.41, 5.74) is 0.474. The zero-order valence-electron chi connectivity index (χ0n) is 14.1. The van der Waals surface area contributed by atoms with E-state index in [1.165, 1.54) is 24.3 Å². The molecule has 2 N–H and O–H groups in total. The third-order valence-corrected chi connectivity index (χ3v) is 3.93. The largest absolute Gasteiger partial charge is 0.337 e. The molecule has 0 unspecified atom stereocenters. The number of carbonyl (C=O) groups is 2. The third kappa shape index (κ3) is 4.65.